The van der Waals surface area contributed by atoms with Gasteiger partial charge in [-0.3, -0.25) is 9.36 Å². The van der Waals surface area contributed by atoms with Crippen LogP contribution in [0.4, 0.5) is 4.39 Å². The molecule has 0 saturated carbocycles. The topological polar surface area (TPSA) is 53.4 Å². The molecule has 0 saturated heterocycles. The maximum Gasteiger partial charge on any atom is 0.306 e. The molecule has 1 aliphatic heterocycles. The summed E-state index contributed by atoms with van der Waals surface area (Å²) in [6.45, 7) is 4.56. The first-order valence-corrected chi connectivity index (χ1v) is 11.5. The van der Waals surface area contributed by atoms with Crippen molar-refractivity contribution in [3.05, 3.63) is 88.5 Å². The Labute approximate surface area is 198 Å². The van der Waals surface area contributed by atoms with Gasteiger partial charge in [0.1, 0.15) is 17.4 Å². The summed E-state index contributed by atoms with van der Waals surface area (Å²) >= 11 is 0. The van der Waals surface area contributed by atoms with Crippen molar-refractivity contribution in [1.29, 1.82) is 0 Å². The smallest absolute Gasteiger partial charge is 0.306 e. The highest BCUT2D eigenvalue weighted by Gasteiger charge is 2.27. The zero-order valence-electron chi connectivity index (χ0n) is 19.6. The van der Waals surface area contributed by atoms with E-state index >= 15 is 0 Å². The van der Waals surface area contributed by atoms with Crippen LogP contribution in [0, 0.1) is 19.7 Å². The fourth-order valence-corrected chi connectivity index (χ4v) is 4.87. The summed E-state index contributed by atoms with van der Waals surface area (Å²) < 4.78 is 26.6. The fraction of sp³-hybridized carbons (Fsp3) is 0.286. The van der Waals surface area contributed by atoms with Crippen LogP contribution in [0.15, 0.2) is 54.6 Å². The number of methoxy groups -OCH3 is 1. The average Bonchev–Trinajstić information content (AvgIpc) is 3.37. The SMILES string of the molecule is COC(=O)C[C@@H]1COc2cc(CCc3cccc(-n4c(C)nc5ccc(F)cc54)c3C)ccc21. The zero-order chi connectivity index (χ0) is 23.8. The molecule has 0 bridgehead atoms. The van der Waals surface area contributed by atoms with Gasteiger partial charge in [0.25, 0.3) is 0 Å². The lowest BCUT2D eigenvalue weighted by molar-refractivity contribution is -0.141. The van der Waals surface area contributed by atoms with Gasteiger partial charge in [-0.05, 0) is 67.6 Å². The lowest BCUT2D eigenvalue weighted by Crippen LogP contribution is -2.09. The van der Waals surface area contributed by atoms with Gasteiger partial charge in [0, 0.05) is 17.5 Å². The molecular weight excluding hydrogens is 431 g/mol. The van der Waals surface area contributed by atoms with Crippen LogP contribution in [0.2, 0.25) is 0 Å². The van der Waals surface area contributed by atoms with Crippen molar-refractivity contribution in [3.63, 3.8) is 0 Å². The van der Waals surface area contributed by atoms with Crippen LogP contribution in [-0.4, -0.2) is 29.2 Å². The van der Waals surface area contributed by atoms with Crippen molar-refractivity contribution in [2.75, 3.05) is 13.7 Å². The van der Waals surface area contributed by atoms with E-state index in [2.05, 4.69) is 42.2 Å². The van der Waals surface area contributed by atoms with Crippen molar-refractivity contribution in [1.82, 2.24) is 9.55 Å². The molecule has 0 spiro atoms. The van der Waals surface area contributed by atoms with Crippen molar-refractivity contribution >= 4 is 17.0 Å². The number of benzene rings is 3. The Balaban J connectivity index is 1.38. The first-order valence-electron chi connectivity index (χ1n) is 11.5. The van der Waals surface area contributed by atoms with Gasteiger partial charge >= 0.3 is 5.97 Å². The predicted molar refractivity (Wildman–Crippen MR) is 129 cm³/mol. The third-order valence-electron chi connectivity index (χ3n) is 6.72. The summed E-state index contributed by atoms with van der Waals surface area (Å²) in [5.74, 6) is 1.26. The molecule has 1 atom stereocenters. The van der Waals surface area contributed by atoms with Gasteiger partial charge in [-0.25, -0.2) is 9.37 Å². The van der Waals surface area contributed by atoms with Gasteiger partial charge in [0.15, 0.2) is 0 Å². The van der Waals surface area contributed by atoms with Crippen LogP contribution in [0.3, 0.4) is 0 Å². The van der Waals surface area contributed by atoms with E-state index in [4.69, 9.17) is 9.47 Å². The number of imidazole rings is 1. The molecule has 174 valence electrons. The summed E-state index contributed by atoms with van der Waals surface area (Å²) in [5, 5.41) is 0. The highest BCUT2D eigenvalue weighted by Crippen LogP contribution is 2.37. The second-order valence-electron chi connectivity index (χ2n) is 8.85. The molecule has 5 nitrogen and oxygen atoms in total. The number of aryl methyl sites for hydroxylation is 3. The van der Waals surface area contributed by atoms with Crippen LogP contribution in [0.1, 0.15) is 40.4 Å². The minimum Gasteiger partial charge on any atom is -0.493 e. The van der Waals surface area contributed by atoms with Crippen LogP contribution >= 0.6 is 0 Å². The van der Waals surface area contributed by atoms with Crippen molar-refractivity contribution in [3.8, 4) is 11.4 Å². The first-order chi connectivity index (χ1) is 16.4. The molecule has 0 fully saturated rings. The Kier molecular flexibility index (Phi) is 5.82. The Morgan fingerprint density at radius 1 is 1.15 bits per heavy atom. The molecule has 1 aromatic heterocycles. The molecule has 0 aliphatic carbocycles. The Hall–Kier alpha value is -3.67. The number of halogens is 1. The summed E-state index contributed by atoms with van der Waals surface area (Å²) in [7, 11) is 1.41. The number of ether oxygens (including phenoxy) is 2. The van der Waals surface area contributed by atoms with Crippen molar-refractivity contribution < 1.29 is 18.7 Å². The van der Waals surface area contributed by atoms with Gasteiger partial charge in [0.2, 0.25) is 0 Å². The molecule has 0 N–H and O–H groups in total. The number of rotatable bonds is 6. The van der Waals surface area contributed by atoms with Gasteiger partial charge in [0.05, 0.1) is 36.9 Å². The van der Waals surface area contributed by atoms with E-state index in [9.17, 15) is 9.18 Å². The molecule has 1 aliphatic rings. The summed E-state index contributed by atoms with van der Waals surface area (Å²) in [6, 6.07) is 17.2. The second-order valence-corrected chi connectivity index (χ2v) is 8.85. The normalized spacial score (nSPS) is 14.8. The Bertz CT molecular complexity index is 1390. The fourth-order valence-electron chi connectivity index (χ4n) is 4.87. The molecule has 2 heterocycles. The van der Waals surface area contributed by atoms with E-state index in [1.165, 1.54) is 24.3 Å². The molecule has 0 amide bonds. The molecule has 3 aromatic carbocycles. The van der Waals surface area contributed by atoms with Gasteiger partial charge in [-0.1, -0.05) is 24.3 Å². The van der Waals surface area contributed by atoms with Crippen LogP contribution in [-0.2, 0) is 22.4 Å². The van der Waals surface area contributed by atoms with Crippen molar-refractivity contribution in [2.45, 2.75) is 39.0 Å². The van der Waals surface area contributed by atoms with Gasteiger partial charge < -0.3 is 9.47 Å². The number of esters is 1. The van der Waals surface area contributed by atoms with Crippen LogP contribution in [0.25, 0.3) is 16.7 Å². The molecule has 34 heavy (non-hydrogen) atoms. The third kappa shape index (κ3) is 4.04. The van der Waals surface area contributed by atoms with Crippen molar-refractivity contribution in [2.24, 2.45) is 0 Å². The number of nitrogens with zero attached hydrogens (tertiary/aromatic N) is 2. The van der Waals surface area contributed by atoms with E-state index in [-0.39, 0.29) is 17.7 Å². The van der Waals surface area contributed by atoms with E-state index in [0.717, 1.165) is 52.3 Å². The number of fused-ring (bicyclic) bond motifs is 2. The molecular formula is C28H27FN2O3. The molecule has 5 rings (SSSR count). The number of hydrogen-bond acceptors (Lipinski definition) is 4. The monoisotopic (exact) mass is 458 g/mol. The minimum absolute atomic E-state index is 0.0495. The van der Waals surface area contributed by atoms with Gasteiger partial charge in [-0.15, -0.1) is 0 Å². The minimum atomic E-state index is -0.268. The number of aromatic nitrogens is 2. The second kappa shape index (κ2) is 8.93. The lowest BCUT2D eigenvalue weighted by Gasteiger charge is -2.15. The number of carbonyl (C=O) groups is 1. The average molecular weight is 459 g/mol. The maximum atomic E-state index is 14.0. The first kappa shape index (κ1) is 22.1. The van der Waals surface area contributed by atoms with Crippen LogP contribution < -0.4 is 4.74 Å². The van der Waals surface area contributed by atoms with E-state index in [0.29, 0.717) is 13.0 Å². The zero-order valence-corrected chi connectivity index (χ0v) is 19.6. The Morgan fingerprint density at radius 3 is 2.82 bits per heavy atom. The Morgan fingerprint density at radius 2 is 2.00 bits per heavy atom. The molecule has 6 heteroatoms. The third-order valence-corrected chi connectivity index (χ3v) is 6.72. The number of carbonyl (C=O) groups excluding carboxylic acids is 1. The predicted octanol–water partition coefficient (Wildman–Crippen LogP) is 5.61. The molecule has 4 aromatic rings. The number of hydrogen-bond donors (Lipinski definition) is 0. The summed E-state index contributed by atoms with van der Waals surface area (Å²) in [6.07, 6.45) is 2.06. The standard InChI is InChI=1S/C28H27FN2O3/c1-17-20(5-4-6-25(17)31-18(2)30-24-12-10-22(29)15-26(24)31)9-7-19-8-11-23-21(14-28(32)33-3)16-34-27(23)13-19/h4-6,8,10-13,15,21H,7,9,14,16H2,1-3H3/t21-/m1/s1. The van der Waals surface area contributed by atoms with E-state index < -0.39 is 0 Å². The summed E-state index contributed by atoms with van der Waals surface area (Å²) in [5.41, 5.74) is 7.23. The lowest BCUT2D eigenvalue weighted by atomic mass is 9.94. The highest BCUT2D eigenvalue weighted by molar-refractivity contribution is 5.79. The van der Waals surface area contributed by atoms with E-state index in [1.54, 1.807) is 12.1 Å². The molecule has 0 radical (unpaired) electrons. The summed E-state index contributed by atoms with van der Waals surface area (Å²) in [4.78, 5) is 16.3. The van der Waals surface area contributed by atoms with Crippen LogP contribution in [0.5, 0.6) is 5.75 Å². The van der Waals surface area contributed by atoms with E-state index in [1.807, 2.05) is 17.6 Å². The highest BCUT2D eigenvalue weighted by atomic mass is 19.1. The molecule has 0 unspecified atom stereocenters. The maximum absolute atomic E-state index is 14.0. The quantitative estimate of drug-likeness (QED) is 0.353. The largest absolute Gasteiger partial charge is 0.493 e. The van der Waals surface area contributed by atoms with Gasteiger partial charge in [-0.2, -0.15) is 0 Å².